The van der Waals surface area contributed by atoms with Crippen molar-refractivity contribution in [3.8, 4) is 0 Å². The Hall–Kier alpha value is -3.65. The Morgan fingerprint density at radius 3 is 2.36 bits per heavy atom. The second-order valence-corrected chi connectivity index (χ2v) is 8.03. The lowest BCUT2D eigenvalue weighted by atomic mass is 10.1. The Bertz CT molecular complexity index is 1080. The van der Waals surface area contributed by atoms with E-state index in [0.717, 1.165) is 22.8 Å². The highest BCUT2D eigenvalue weighted by Crippen LogP contribution is 2.16. The molecular weight excluding hydrogens is 416 g/mol. The van der Waals surface area contributed by atoms with E-state index in [1.165, 1.54) is 5.56 Å². The number of carbonyl (C=O) groups is 1. The van der Waals surface area contributed by atoms with Gasteiger partial charge in [0.2, 0.25) is 5.91 Å². The Balaban J connectivity index is 1.24. The van der Waals surface area contributed by atoms with Crippen LogP contribution in [0.1, 0.15) is 16.7 Å². The highest BCUT2D eigenvalue weighted by atomic mass is 16.5. The molecule has 1 saturated heterocycles. The topological polar surface area (TPSA) is 75.0 Å². The third-order valence-electron chi connectivity index (χ3n) is 5.59. The number of hydrogen-bond donors (Lipinski definition) is 1. The summed E-state index contributed by atoms with van der Waals surface area (Å²) in [6.07, 6.45) is 3.58. The number of hydrogen-bond acceptors (Lipinski definition) is 4. The largest absolute Gasteiger partial charge is 0.372 e. The molecule has 1 aliphatic heterocycles. The summed E-state index contributed by atoms with van der Waals surface area (Å²) in [5, 5.41) is 7.54. The molecule has 2 heterocycles. The predicted molar refractivity (Wildman–Crippen MR) is 129 cm³/mol. The van der Waals surface area contributed by atoms with E-state index in [0.29, 0.717) is 32.8 Å². The van der Waals surface area contributed by atoms with Gasteiger partial charge >= 0.3 is 0 Å². The summed E-state index contributed by atoms with van der Waals surface area (Å²) in [6, 6.07) is 18.5. The fourth-order valence-corrected chi connectivity index (χ4v) is 3.80. The minimum atomic E-state index is 0.0389. The van der Waals surface area contributed by atoms with Gasteiger partial charge in [0.25, 0.3) is 0 Å². The van der Waals surface area contributed by atoms with E-state index in [-0.39, 0.29) is 12.5 Å². The molecule has 33 heavy (non-hydrogen) atoms. The first-order valence-corrected chi connectivity index (χ1v) is 11.1. The summed E-state index contributed by atoms with van der Waals surface area (Å²) in [5.74, 6) is 0.765. The zero-order valence-electron chi connectivity index (χ0n) is 19.1. The van der Waals surface area contributed by atoms with Gasteiger partial charge in [-0.15, -0.1) is 0 Å². The number of nitrogens with one attached hydrogen (secondary N) is 1. The van der Waals surface area contributed by atoms with Crippen molar-refractivity contribution in [2.24, 2.45) is 12.0 Å². The van der Waals surface area contributed by atoms with Crippen molar-refractivity contribution in [1.82, 2.24) is 20.0 Å². The third-order valence-corrected chi connectivity index (χ3v) is 5.59. The number of guanidine groups is 1. The Kier molecular flexibility index (Phi) is 7.36. The molecule has 2 aromatic carbocycles. The van der Waals surface area contributed by atoms with Crippen molar-refractivity contribution in [2.75, 3.05) is 31.6 Å². The average molecular weight is 447 g/mol. The van der Waals surface area contributed by atoms with Crippen LogP contribution in [0.5, 0.6) is 0 Å². The number of nitrogens with zero attached hydrogens (tertiary/aromatic N) is 5. The average Bonchev–Trinajstić information content (AvgIpc) is 3.27. The number of aryl methyl sites for hydroxylation is 1. The molecule has 0 unspecified atom stereocenters. The van der Waals surface area contributed by atoms with Crippen molar-refractivity contribution in [2.45, 2.75) is 19.8 Å². The summed E-state index contributed by atoms with van der Waals surface area (Å²) in [6.45, 7) is 3.41. The number of benzene rings is 2. The molecule has 0 aliphatic carbocycles. The van der Waals surface area contributed by atoms with Gasteiger partial charge in [0, 0.05) is 39.9 Å². The number of anilines is 1. The zero-order valence-corrected chi connectivity index (χ0v) is 19.1. The van der Waals surface area contributed by atoms with Gasteiger partial charge in [-0.1, -0.05) is 54.6 Å². The number of rotatable bonds is 7. The maximum atomic E-state index is 12.7. The highest BCUT2D eigenvalue weighted by molar-refractivity contribution is 5.98. The van der Waals surface area contributed by atoms with Crippen molar-refractivity contribution in [1.29, 1.82) is 0 Å². The first-order valence-electron chi connectivity index (χ1n) is 11.1. The predicted octanol–water partition coefficient (Wildman–Crippen LogP) is 2.56. The molecular formula is C25H30N6O2. The van der Waals surface area contributed by atoms with Crippen molar-refractivity contribution < 1.29 is 9.53 Å². The van der Waals surface area contributed by atoms with Gasteiger partial charge in [-0.2, -0.15) is 5.10 Å². The lowest BCUT2D eigenvalue weighted by Crippen LogP contribution is -2.55. The van der Waals surface area contributed by atoms with Crippen LogP contribution < -0.4 is 10.2 Å². The molecule has 0 radical (unpaired) electrons. The van der Waals surface area contributed by atoms with E-state index in [4.69, 9.17) is 4.74 Å². The number of aliphatic imine (C=N–C) groups is 1. The standard InChI is InChI=1S/C25H30N6O2/c1-26-25(30-12-13-31(24(32)17-30)23-15-28-29(2)16-23)27-14-20-8-10-22(11-9-20)19-33-18-21-6-4-3-5-7-21/h3-11,15-16H,12-14,17-19H2,1-2H3,(H,26,27). The summed E-state index contributed by atoms with van der Waals surface area (Å²) < 4.78 is 7.51. The van der Waals surface area contributed by atoms with Crippen molar-refractivity contribution >= 4 is 17.6 Å². The van der Waals surface area contributed by atoms with Crippen LogP contribution in [0.25, 0.3) is 0 Å². The van der Waals surface area contributed by atoms with Gasteiger partial charge in [0.1, 0.15) is 6.54 Å². The van der Waals surface area contributed by atoms with Crippen LogP contribution in [-0.4, -0.2) is 53.2 Å². The molecule has 1 aromatic heterocycles. The number of piperazine rings is 1. The fourth-order valence-electron chi connectivity index (χ4n) is 3.80. The molecule has 8 heteroatoms. The molecule has 8 nitrogen and oxygen atoms in total. The summed E-state index contributed by atoms with van der Waals surface area (Å²) in [4.78, 5) is 20.8. The first kappa shape index (κ1) is 22.5. The number of aromatic nitrogens is 2. The highest BCUT2D eigenvalue weighted by Gasteiger charge is 2.27. The normalized spacial score (nSPS) is 14.6. The van der Waals surface area contributed by atoms with Crippen molar-refractivity contribution in [3.05, 3.63) is 83.7 Å². The molecule has 0 bridgehead atoms. The molecule has 1 amide bonds. The van der Waals surface area contributed by atoms with Gasteiger partial charge in [0.15, 0.2) is 5.96 Å². The van der Waals surface area contributed by atoms with E-state index in [1.54, 1.807) is 22.8 Å². The maximum Gasteiger partial charge on any atom is 0.246 e. The maximum absolute atomic E-state index is 12.7. The quantitative estimate of drug-likeness (QED) is 0.446. The van der Waals surface area contributed by atoms with Crippen LogP contribution in [-0.2, 0) is 36.3 Å². The summed E-state index contributed by atoms with van der Waals surface area (Å²) in [7, 11) is 3.59. The molecule has 172 valence electrons. The van der Waals surface area contributed by atoms with Gasteiger partial charge in [-0.05, 0) is 16.7 Å². The molecule has 1 fully saturated rings. The van der Waals surface area contributed by atoms with E-state index in [2.05, 4.69) is 51.8 Å². The summed E-state index contributed by atoms with van der Waals surface area (Å²) in [5.41, 5.74) is 4.28. The van der Waals surface area contributed by atoms with Gasteiger partial charge < -0.3 is 19.9 Å². The van der Waals surface area contributed by atoms with Crippen LogP contribution in [0.3, 0.4) is 0 Å². The number of amides is 1. The number of carbonyl (C=O) groups excluding carboxylic acids is 1. The third kappa shape index (κ3) is 5.98. The molecule has 0 atom stereocenters. The smallest absolute Gasteiger partial charge is 0.246 e. The van der Waals surface area contributed by atoms with Crippen LogP contribution in [0.4, 0.5) is 5.69 Å². The number of ether oxygens (including phenoxy) is 1. The fraction of sp³-hybridized carbons (Fsp3) is 0.320. The SMILES string of the molecule is CN=C(NCc1ccc(COCc2ccccc2)cc1)N1CCN(c2cnn(C)c2)C(=O)C1. The molecule has 1 N–H and O–H groups in total. The van der Waals surface area contributed by atoms with Gasteiger partial charge in [-0.25, -0.2) is 0 Å². The summed E-state index contributed by atoms with van der Waals surface area (Å²) >= 11 is 0. The molecule has 1 aliphatic rings. The zero-order chi connectivity index (χ0) is 23.0. The van der Waals surface area contributed by atoms with Gasteiger partial charge in [-0.3, -0.25) is 14.5 Å². The monoisotopic (exact) mass is 446 g/mol. The van der Waals surface area contributed by atoms with E-state index >= 15 is 0 Å². The Morgan fingerprint density at radius 1 is 1.03 bits per heavy atom. The minimum absolute atomic E-state index is 0.0389. The molecule has 0 saturated carbocycles. The van der Waals surface area contributed by atoms with Crippen LogP contribution >= 0.6 is 0 Å². The van der Waals surface area contributed by atoms with Crippen molar-refractivity contribution in [3.63, 3.8) is 0 Å². The lowest BCUT2D eigenvalue weighted by molar-refractivity contribution is -0.120. The first-order chi connectivity index (χ1) is 16.1. The second-order valence-electron chi connectivity index (χ2n) is 8.03. The van der Waals surface area contributed by atoms with E-state index < -0.39 is 0 Å². The minimum Gasteiger partial charge on any atom is -0.372 e. The second kappa shape index (κ2) is 10.8. The van der Waals surface area contributed by atoms with Crippen LogP contribution in [0, 0.1) is 0 Å². The van der Waals surface area contributed by atoms with Crippen LogP contribution in [0.15, 0.2) is 72.0 Å². The molecule has 0 spiro atoms. The molecule has 3 aromatic rings. The van der Waals surface area contributed by atoms with E-state index in [9.17, 15) is 4.79 Å². The Labute approximate surface area is 194 Å². The van der Waals surface area contributed by atoms with E-state index in [1.807, 2.05) is 36.3 Å². The molecule has 4 rings (SSSR count). The lowest BCUT2D eigenvalue weighted by Gasteiger charge is -2.35. The van der Waals surface area contributed by atoms with Gasteiger partial charge in [0.05, 0.1) is 25.1 Å². The Morgan fingerprint density at radius 2 is 1.73 bits per heavy atom. The van der Waals surface area contributed by atoms with Crippen LogP contribution in [0.2, 0.25) is 0 Å².